The van der Waals surface area contributed by atoms with Crippen LogP contribution in [0.15, 0.2) is 11.6 Å². The maximum Gasteiger partial charge on any atom is 0.410 e. The molecule has 0 spiro atoms. The number of rotatable bonds is 6. The monoisotopic (exact) mass is 474 g/mol. The summed E-state index contributed by atoms with van der Waals surface area (Å²) in [6.07, 6.45) is 3.50. The highest BCUT2D eigenvalue weighted by Crippen LogP contribution is 2.36. The van der Waals surface area contributed by atoms with E-state index in [0.717, 1.165) is 12.8 Å². The van der Waals surface area contributed by atoms with Gasteiger partial charge in [0.1, 0.15) is 10.3 Å². The maximum absolute atomic E-state index is 12.8. The molecule has 8 heteroatoms. The largest absolute Gasteiger partial charge is 0.598 e. The molecule has 1 N–H and O–H groups in total. The molecule has 2 atom stereocenters. The van der Waals surface area contributed by atoms with E-state index in [9.17, 15) is 9.35 Å². The molecule has 1 amide bonds. The van der Waals surface area contributed by atoms with Crippen LogP contribution in [0.5, 0.6) is 0 Å². The molecule has 0 aliphatic carbocycles. The van der Waals surface area contributed by atoms with Crippen LogP contribution in [0, 0.1) is 0 Å². The maximum atomic E-state index is 12.8. The van der Waals surface area contributed by atoms with Crippen LogP contribution in [0.3, 0.4) is 0 Å². The van der Waals surface area contributed by atoms with Gasteiger partial charge in [0, 0.05) is 24.5 Å². The van der Waals surface area contributed by atoms with Gasteiger partial charge in [0.15, 0.2) is 8.32 Å². The van der Waals surface area contributed by atoms with E-state index in [1.54, 1.807) is 4.90 Å². The van der Waals surface area contributed by atoms with Gasteiger partial charge in [-0.3, -0.25) is 0 Å². The lowest BCUT2D eigenvalue weighted by atomic mass is 10.0. The van der Waals surface area contributed by atoms with Gasteiger partial charge in [0.25, 0.3) is 0 Å². The molecule has 182 valence electrons. The quantitative estimate of drug-likeness (QED) is 0.317. The van der Waals surface area contributed by atoms with E-state index in [1.807, 2.05) is 41.5 Å². The summed E-state index contributed by atoms with van der Waals surface area (Å²) in [7, 11) is -1.92. The fourth-order valence-corrected chi connectivity index (χ4v) is 4.49. The number of hydrogen-bond acceptors (Lipinski definition) is 5. The van der Waals surface area contributed by atoms with Crippen molar-refractivity contribution >= 4 is 25.8 Å². The zero-order chi connectivity index (χ0) is 24.3. The van der Waals surface area contributed by atoms with Gasteiger partial charge in [-0.25, -0.2) is 4.79 Å². The summed E-state index contributed by atoms with van der Waals surface area (Å²) in [5, 5.41) is 0.118. The highest BCUT2D eigenvalue weighted by atomic mass is 32.2. The Labute approximate surface area is 195 Å². The lowest BCUT2D eigenvalue weighted by molar-refractivity contribution is 0.0236. The fourth-order valence-electron chi connectivity index (χ4n) is 2.70. The summed E-state index contributed by atoms with van der Waals surface area (Å²) >= 11 is -1.19. The number of ether oxygens (including phenoxy) is 1. The molecule has 0 aromatic rings. The van der Waals surface area contributed by atoms with Gasteiger partial charge in [-0.05, 0) is 72.5 Å². The molecule has 1 heterocycles. The molecular formula is C23H46N2O4SSi. The van der Waals surface area contributed by atoms with Crippen LogP contribution in [0.2, 0.25) is 18.1 Å². The van der Waals surface area contributed by atoms with E-state index >= 15 is 0 Å². The molecule has 0 aromatic heterocycles. The first kappa shape index (κ1) is 28.5. The van der Waals surface area contributed by atoms with Crippen LogP contribution in [0.25, 0.3) is 0 Å². The molecule has 0 bridgehead atoms. The number of carbonyl (C=O) groups is 1. The molecule has 0 aromatic carbocycles. The first-order valence-corrected chi connectivity index (χ1v) is 15.4. The normalized spacial score (nSPS) is 18.6. The Morgan fingerprint density at radius 3 is 2.06 bits per heavy atom. The van der Waals surface area contributed by atoms with Crippen LogP contribution in [-0.2, 0) is 20.5 Å². The third-order valence-corrected chi connectivity index (χ3v) is 11.9. The standard InChI is InChI=1S/C23H46N2O4SSi/c1-21(2,3)29-20(26)25-14-12-18(13-15-25)16-19(24-30(27)22(4,5)6)17-28-31(10,11)23(7,8)9/h16,19,24H,12-15,17H2,1-11H3/t19-,30?/m0/s1. The number of piperidine rings is 1. The van der Waals surface area contributed by atoms with Crippen molar-refractivity contribution in [2.45, 2.75) is 110 Å². The highest BCUT2D eigenvalue weighted by Gasteiger charge is 2.38. The van der Waals surface area contributed by atoms with E-state index in [1.165, 1.54) is 5.57 Å². The number of nitrogens with zero attached hydrogens (tertiary/aromatic N) is 1. The van der Waals surface area contributed by atoms with E-state index in [2.05, 4.69) is 44.7 Å². The van der Waals surface area contributed by atoms with Crippen molar-refractivity contribution < 1.29 is 18.5 Å². The smallest absolute Gasteiger partial charge is 0.410 e. The van der Waals surface area contributed by atoms with Gasteiger partial charge in [-0.15, -0.1) is 4.72 Å². The SMILES string of the molecule is CC(C)(C)OC(=O)N1CCC(=C[C@@H](CO[Si](C)(C)C(C)(C)C)N[S+]([O-])C(C)(C)C)CC1. The minimum Gasteiger partial charge on any atom is -0.598 e. The van der Waals surface area contributed by atoms with Crippen molar-refractivity contribution in [2.75, 3.05) is 19.7 Å². The van der Waals surface area contributed by atoms with E-state index in [0.29, 0.717) is 19.7 Å². The summed E-state index contributed by atoms with van der Waals surface area (Å²) < 4.78 is 27.6. The first-order valence-electron chi connectivity index (χ1n) is 11.3. The Morgan fingerprint density at radius 2 is 1.65 bits per heavy atom. The van der Waals surface area contributed by atoms with Crippen LogP contribution in [0.1, 0.15) is 75.2 Å². The molecule has 6 nitrogen and oxygen atoms in total. The van der Waals surface area contributed by atoms with Crippen LogP contribution in [0.4, 0.5) is 4.79 Å². The number of carbonyl (C=O) groups excluding carboxylic acids is 1. The van der Waals surface area contributed by atoms with Crippen molar-refractivity contribution in [3.8, 4) is 0 Å². The second-order valence-electron chi connectivity index (χ2n) is 12.0. The molecular weight excluding hydrogens is 428 g/mol. The number of nitrogens with one attached hydrogen (secondary N) is 1. The van der Waals surface area contributed by atoms with Crippen molar-refractivity contribution in [1.29, 1.82) is 0 Å². The average Bonchev–Trinajstić information content (AvgIpc) is 2.57. The Balaban J connectivity index is 2.85. The molecule has 0 saturated carbocycles. The van der Waals surface area contributed by atoms with Gasteiger partial charge in [0.2, 0.25) is 0 Å². The zero-order valence-corrected chi connectivity index (χ0v) is 23.5. The Hall–Kier alpha value is -0.543. The minimum atomic E-state index is -1.92. The predicted molar refractivity (Wildman–Crippen MR) is 133 cm³/mol. The van der Waals surface area contributed by atoms with Crippen LogP contribution < -0.4 is 4.72 Å². The lowest BCUT2D eigenvalue weighted by Crippen LogP contribution is -2.49. The third kappa shape index (κ3) is 9.86. The second kappa shape index (κ2) is 10.6. The van der Waals surface area contributed by atoms with Crippen molar-refractivity contribution in [3.05, 3.63) is 11.6 Å². The highest BCUT2D eigenvalue weighted by molar-refractivity contribution is 7.90. The van der Waals surface area contributed by atoms with Crippen molar-refractivity contribution in [2.24, 2.45) is 0 Å². The summed E-state index contributed by atoms with van der Waals surface area (Å²) in [5.74, 6) is 0. The Morgan fingerprint density at radius 1 is 1.13 bits per heavy atom. The first-order chi connectivity index (χ1) is 13.8. The number of likely N-dealkylation sites (tertiary alicyclic amines) is 1. The lowest BCUT2D eigenvalue weighted by Gasteiger charge is -2.37. The van der Waals surface area contributed by atoms with Gasteiger partial charge in [-0.2, -0.15) is 0 Å². The van der Waals surface area contributed by atoms with Gasteiger partial charge in [0.05, 0.1) is 12.6 Å². The minimum absolute atomic E-state index is 0.118. The van der Waals surface area contributed by atoms with Gasteiger partial charge >= 0.3 is 6.09 Å². The second-order valence-corrected chi connectivity index (χ2v) is 18.8. The predicted octanol–water partition coefficient (Wildman–Crippen LogP) is 5.39. The molecule has 0 radical (unpaired) electrons. The molecule has 1 saturated heterocycles. The molecule has 1 unspecified atom stereocenters. The molecule has 1 rings (SSSR count). The Kier molecular flexibility index (Phi) is 9.73. The molecule has 1 fully saturated rings. The fraction of sp³-hybridized carbons (Fsp3) is 0.870. The van der Waals surface area contributed by atoms with Crippen molar-refractivity contribution in [1.82, 2.24) is 9.62 Å². The van der Waals surface area contributed by atoms with Gasteiger partial charge < -0.3 is 18.6 Å². The molecule has 1 aliphatic rings. The van der Waals surface area contributed by atoms with Crippen LogP contribution in [-0.4, -0.2) is 59.9 Å². The third-order valence-electron chi connectivity index (χ3n) is 5.74. The van der Waals surface area contributed by atoms with Crippen LogP contribution >= 0.6 is 0 Å². The summed E-state index contributed by atoms with van der Waals surface area (Å²) in [5.41, 5.74) is 0.780. The topological polar surface area (TPSA) is 73.9 Å². The number of amides is 1. The summed E-state index contributed by atoms with van der Waals surface area (Å²) in [4.78, 5) is 14.1. The van der Waals surface area contributed by atoms with Gasteiger partial charge in [-0.1, -0.05) is 32.4 Å². The Bertz CT molecular complexity index is 623. The molecule has 31 heavy (non-hydrogen) atoms. The van der Waals surface area contributed by atoms with E-state index < -0.39 is 25.3 Å². The van der Waals surface area contributed by atoms with Crippen molar-refractivity contribution in [3.63, 3.8) is 0 Å². The summed E-state index contributed by atoms with van der Waals surface area (Å²) in [6, 6.07) is -0.128. The van der Waals surface area contributed by atoms with E-state index in [4.69, 9.17) is 9.16 Å². The molecule has 1 aliphatic heterocycles. The summed E-state index contributed by atoms with van der Waals surface area (Å²) in [6.45, 7) is 24.5. The zero-order valence-electron chi connectivity index (χ0n) is 21.7. The van der Waals surface area contributed by atoms with E-state index in [-0.39, 0.29) is 21.9 Å². The average molecular weight is 475 g/mol. The number of hydrogen-bond donors (Lipinski definition) is 1.